The highest BCUT2D eigenvalue weighted by atomic mass is 14.4. The molecule has 0 nitrogen and oxygen atoms in total. The molecule has 0 saturated carbocycles. The standard InChI is InChI=1S/C12H12/c1-7-3-4-11-9(7)5-6-10-8(2)12(10)11/h4-6,8-9H,1,3H2,2H3/t8-,9?/m0/s1. The van der Waals surface area contributed by atoms with Crippen LogP contribution in [0.4, 0.5) is 0 Å². The third-order valence-electron chi connectivity index (χ3n) is 3.27. The maximum absolute atomic E-state index is 4.09. The Bertz CT molecular complexity index is 363. The second kappa shape index (κ2) is 1.82. The number of rotatable bonds is 0. The van der Waals surface area contributed by atoms with Gasteiger partial charge in [-0.25, -0.2) is 0 Å². The molecule has 0 aromatic heterocycles. The van der Waals surface area contributed by atoms with Crippen molar-refractivity contribution in [2.24, 2.45) is 11.8 Å². The van der Waals surface area contributed by atoms with Crippen molar-refractivity contribution >= 4 is 0 Å². The van der Waals surface area contributed by atoms with E-state index in [0.717, 1.165) is 12.3 Å². The Balaban J connectivity index is 2.08. The fourth-order valence-corrected chi connectivity index (χ4v) is 2.44. The zero-order chi connectivity index (χ0) is 8.29. The van der Waals surface area contributed by atoms with Crippen LogP contribution in [-0.2, 0) is 0 Å². The molecule has 2 atom stereocenters. The molecule has 60 valence electrons. The Labute approximate surface area is 73.0 Å². The van der Waals surface area contributed by atoms with Crippen molar-refractivity contribution in [3.05, 3.63) is 47.1 Å². The highest BCUT2D eigenvalue weighted by molar-refractivity contribution is 5.66. The van der Waals surface area contributed by atoms with Gasteiger partial charge in [0.25, 0.3) is 0 Å². The van der Waals surface area contributed by atoms with Gasteiger partial charge in [0.1, 0.15) is 0 Å². The van der Waals surface area contributed by atoms with Crippen LogP contribution in [0.15, 0.2) is 47.1 Å². The molecule has 0 N–H and O–H groups in total. The highest BCUT2D eigenvalue weighted by Gasteiger charge is 2.40. The summed E-state index contributed by atoms with van der Waals surface area (Å²) in [5.41, 5.74) is 6.10. The summed E-state index contributed by atoms with van der Waals surface area (Å²) < 4.78 is 0. The Morgan fingerprint density at radius 1 is 1.50 bits per heavy atom. The second-order valence-corrected chi connectivity index (χ2v) is 3.95. The zero-order valence-electron chi connectivity index (χ0n) is 7.30. The van der Waals surface area contributed by atoms with E-state index in [9.17, 15) is 0 Å². The first kappa shape index (κ1) is 6.47. The van der Waals surface area contributed by atoms with Crippen LogP contribution in [0.3, 0.4) is 0 Å². The normalized spacial score (nSPS) is 36.4. The lowest BCUT2D eigenvalue weighted by molar-refractivity contribution is 0.923. The Morgan fingerprint density at radius 3 is 3.17 bits per heavy atom. The van der Waals surface area contributed by atoms with Crippen LogP contribution < -0.4 is 0 Å². The summed E-state index contributed by atoms with van der Waals surface area (Å²) >= 11 is 0. The molecule has 0 saturated heterocycles. The minimum absolute atomic E-state index is 0.564. The molecule has 0 heteroatoms. The second-order valence-electron chi connectivity index (χ2n) is 3.95. The fourth-order valence-electron chi connectivity index (χ4n) is 2.44. The quantitative estimate of drug-likeness (QED) is 0.473. The van der Waals surface area contributed by atoms with E-state index in [0.29, 0.717) is 5.92 Å². The molecule has 0 heterocycles. The molecular weight excluding hydrogens is 144 g/mol. The van der Waals surface area contributed by atoms with Gasteiger partial charge in [0.2, 0.25) is 0 Å². The number of fused-ring (bicyclic) bond motifs is 2. The van der Waals surface area contributed by atoms with E-state index in [1.54, 1.807) is 16.7 Å². The van der Waals surface area contributed by atoms with E-state index in [1.807, 2.05) is 0 Å². The van der Waals surface area contributed by atoms with Gasteiger partial charge in [-0.15, -0.1) is 0 Å². The van der Waals surface area contributed by atoms with Gasteiger partial charge in [-0.3, -0.25) is 0 Å². The summed E-state index contributed by atoms with van der Waals surface area (Å²) in [4.78, 5) is 0. The molecule has 3 aliphatic rings. The van der Waals surface area contributed by atoms with E-state index in [-0.39, 0.29) is 0 Å². The molecule has 0 bridgehead atoms. The minimum Gasteiger partial charge on any atom is -0.0986 e. The summed E-state index contributed by atoms with van der Waals surface area (Å²) in [5.74, 6) is 1.30. The van der Waals surface area contributed by atoms with E-state index < -0.39 is 0 Å². The van der Waals surface area contributed by atoms with Gasteiger partial charge < -0.3 is 0 Å². The molecule has 0 amide bonds. The number of hydrogen-bond donors (Lipinski definition) is 0. The highest BCUT2D eigenvalue weighted by Crippen LogP contribution is 2.54. The molecule has 0 aromatic rings. The van der Waals surface area contributed by atoms with Gasteiger partial charge in [-0.1, -0.05) is 37.3 Å². The van der Waals surface area contributed by atoms with Crippen molar-refractivity contribution in [3.63, 3.8) is 0 Å². The lowest BCUT2D eigenvalue weighted by Gasteiger charge is -2.10. The first-order valence-corrected chi connectivity index (χ1v) is 4.59. The summed E-state index contributed by atoms with van der Waals surface area (Å²) in [7, 11) is 0. The van der Waals surface area contributed by atoms with Crippen LogP contribution in [0.2, 0.25) is 0 Å². The van der Waals surface area contributed by atoms with E-state index in [2.05, 4.69) is 31.7 Å². The van der Waals surface area contributed by atoms with Crippen molar-refractivity contribution in [3.8, 4) is 0 Å². The molecule has 0 fully saturated rings. The van der Waals surface area contributed by atoms with Gasteiger partial charge >= 0.3 is 0 Å². The smallest absolute Gasteiger partial charge is 0.0231 e. The lowest BCUT2D eigenvalue weighted by atomic mass is 9.93. The fraction of sp³-hybridized carbons (Fsp3) is 0.333. The predicted molar refractivity (Wildman–Crippen MR) is 50.7 cm³/mol. The molecule has 0 spiro atoms. The van der Waals surface area contributed by atoms with Crippen molar-refractivity contribution in [2.45, 2.75) is 13.3 Å². The van der Waals surface area contributed by atoms with Crippen molar-refractivity contribution < 1.29 is 0 Å². The maximum atomic E-state index is 4.09. The van der Waals surface area contributed by atoms with Crippen LogP contribution >= 0.6 is 0 Å². The van der Waals surface area contributed by atoms with E-state index in [1.165, 1.54) is 5.57 Å². The first-order chi connectivity index (χ1) is 5.79. The Hall–Kier alpha value is -1.04. The van der Waals surface area contributed by atoms with E-state index in [4.69, 9.17) is 0 Å². The van der Waals surface area contributed by atoms with Gasteiger partial charge in [-0.2, -0.15) is 0 Å². The Kier molecular flexibility index (Phi) is 0.982. The van der Waals surface area contributed by atoms with Crippen LogP contribution in [-0.4, -0.2) is 0 Å². The largest absolute Gasteiger partial charge is 0.0986 e. The summed E-state index contributed by atoms with van der Waals surface area (Å²) in [6.07, 6.45) is 8.05. The summed E-state index contributed by atoms with van der Waals surface area (Å²) in [5, 5.41) is 0. The van der Waals surface area contributed by atoms with Gasteiger partial charge in [-0.05, 0) is 23.1 Å². The first-order valence-electron chi connectivity index (χ1n) is 4.59. The van der Waals surface area contributed by atoms with E-state index >= 15 is 0 Å². The number of allylic oxidation sites excluding steroid dienone is 7. The molecule has 0 aromatic carbocycles. The van der Waals surface area contributed by atoms with Crippen molar-refractivity contribution in [1.82, 2.24) is 0 Å². The molecule has 1 unspecified atom stereocenters. The van der Waals surface area contributed by atoms with Crippen LogP contribution in [0.5, 0.6) is 0 Å². The third-order valence-corrected chi connectivity index (χ3v) is 3.27. The SMILES string of the molecule is C=C1CC=C2C3=C(C=CC12)[C@@H]3C. The molecular formula is C12H12. The third kappa shape index (κ3) is 0.592. The molecule has 3 rings (SSSR count). The molecule has 3 aliphatic carbocycles. The Morgan fingerprint density at radius 2 is 2.33 bits per heavy atom. The maximum Gasteiger partial charge on any atom is 0.0231 e. The van der Waals surface area contributed by atoms with Crippen LogP contribution in [0, 0.1) is 11.8 Å². The molecule has 0 radical (unpaired) electrons. The topological polar surface area (TPSA) is 0 Å². The average Bonchev–Trinajstić information content (AvgIpc) is 2.57. The van der Waals surface area contributed by atoms with Crippen molar-refractivity contribution in [1.29, 1.82) is 0 Å². The van der Waals surface area contributed by atoms with Crippen LogP contribution in [0.25, 0.3) is 0 Å². The summed E-state index contributed by atoms with van der Waals surface area (Å²) in [6, 6.07) is 0. The van der Waals surface area contributed by atoms with Gasteiger partial charge in [0.15, 0.2) is 0 Å². The average molecular weight is 156 g/mol. The molecule has 12 heavy (non-hydrogen) atoms. The van der Waals surface area contributed by atoms with Crippen molar-refractivity contribution in [2.75, 3.05) is 0 Å². The lowest BCUT2D eigenvalue weighted by Crippen LogP contribution is -1.98. The molecule has 0 aliphatic heterocycles. The van der Waals surface area contributed by atoms with Gasteiger partial charge in [0, 0.05) is 11.8 Å². The summed E-state index contributed by atoms with van der Waals surface area (Å²) in [6.45, 7) is 6.38. The zero-order valence-corrected chi connectivity index (χ0v) is 7.30. The van der Waals surface area contributed by atoms with Gasteiger partial charge in [0.05, 0.1) is 0 Å². The monoisotopic (exact) mass is 156 g/mol. The number of hydrogen-bond acceptors (Lipinski definition) is 0. The van der Waals surface area contributed by atoms with Crippen LogP contribution in [0.1, 0.15) is 13.3 Å². The minimum atomic E-state index is 0.564. The predicted octanol–water partition coefficient (Wildman–Crippen LogP) is 3.01.